The van der Waals surface area contributed by atoms with Crippen LogP contribution >= 0.6 is 0 Å². The first kappa shape index (κ1) is 16.9. The largest absolute Gasteiger partial charge is 0.382 e. The molecule has 0 aliphatic carbocycles. The van der Waals surface area contributed by atoms with Crippen LogP contribution < -0.4 is 5.32 Å². The second kappa shape index (κ2) is 11.0. The number of rotatable bonds is 11. The molecule has 0 aliphatic heterocycles. The van der Waals surface area contributed by atoms with Crippen molar-refractivity contribution in [3.8, 4) is 0 Å². The van der Waals surface area contributed by atoms with Crippen LogP contribution in [-0.4, -0.2) is 50.8 Å². The van der Waals surface area contributed by atoms with Gasteiger partial charge in [-0.1, -0.05) is 13.8 Å². The minimum Gasteiger partial charge on any atom is -0.382 e. The molecule has 0 aromatic carbocycles. The summed E-state index contributed by atoms with van der Waals surface area (Å²) in [5.41, 5.74) is 0. The monoisotopic (exact) mass is 244 g/mol. The van der Waals surface area contributed by atoms with Crippen molar-refractivity contribution in [1.29, 1.82) is 0 Å². The molecule has 3 nitrogen and oxygen atoms in total. The molecule has 104 valence electrons. The fourth-order valence-corrected chi connectivity index (χ4v) is 1.69. The van der Waals surface area contributed by atoms with Crippen LogP contribution in [0, 0.1) is 5.92 Å². The van der Waals surface area contributed by atoms with E-state index in [0.29, 0.717) is 6.04 Å². The lowest BCUT2D eigenvalue weighted by Gasteiger charge is -2.27. The van der Waals surface area contributed by atoms with Crippen molar-refractivity contribution in [3.63, 3.8) is 0 Å². The second-order valence-electron chi connectivity index (χ2n) is 5.12. The SMILES string of the molecule is CCOCCCCNCCN(C)C(C)C(C)C. The Labute approximate surface area is 108 Å². The highest BCUT2D eigenvalue weighted by atomic mass is 16.5. The van der Waals surface area contributed by atoms with Crippen LogP contribution in [0.1, 0.15) is 40.5 Å². The molecule has 0 spiro atoms. The first-order valence-electron chi connectivity index (χ1n) is 7.08. The zero-order chi connectivity index (χ0) is 13.1. The minimum atomic E-state index is 0.662. The van der Waals surface area contributed by atoms with E-state index in [1.807, 2.05) is 6.92 Å². The summed E-state index contributed by atoms with van der Waals surface area (Å²) in [6.07, 6.45) is 2.38. The smallest absolute Gasteiger partial charge is 0.0466 e. The van der Waals surface area contributed by atoms with Crippen LogP contribution in [0.5, 0.6) is 0 Å². The highest BCUT2D eigenvalue weighted by Gasteiger charge is 2.11. The predicted molar refractivity (Wildman–Crippen MR) is 75.5 cm³/mol. The molecule has 0 aliphatic rings. The maximum absolute atomic E-state index is 5.30. The quantitative estimate of drug-likeness (QED) is 0.565. The molecule has 0 fully saturated rings. The van der Waals surface area contributed by atoms with Gasteiger partial charge in [0.2, 0.25) is 0 Å². The topological polar surface area (TPSA) is 24.5 Å². The van der Waals surface area contributed by atoms with Crippen molar-refractivity contribution in [1.82, 2.24) is 10.2 Å². The Morgan fingerprint density at radius 3 is 2.41 bits per heavy atom. The highest BCUT2D eigenvalue weighted by molar-refractivity contribution is 4.67. The lowest BCUT2D eigenvalue weighted by atomic mass is 10.1. The molecule has 0 saturated heterocycles. The van der Waals surface area contributed by atoms with E-state index in [1.165, 1.54) is 12.8 Å². The van der Waals surface area contributed by atoms with Crippen molar-refractivity contribution >= 4 is 0 Å². The van der Waals surface area contributed by atoms with Gasteiger partial charge in [0.25, 0.3) is 0 Å². The van der Waals surface area contributed by atoms with Gasteiger partial charge in [-0.25, -0.2) is 0 Å². The van der Waals surface area contributed by atoms with Crippen molar-refractivity contribution in [2.45, 2.75) is 46.6 Å². The molecule has 0 radical (unpaired) electrons. The number of hydrogen-bond donors (Lipinski definition) is 1. The number of nitrogens with zero attached hydrogens (tertiary/aromatic N) is 1. The summed E-state index contributed by atoms with van der Waals surface area (Å²) in [5, 5.41) is 3.49. The van der Waals surface area contributed by atoms with E-state index in [-0.39, 0.29) is 0 Å². The Balaban J connectivity index is 3.27. The molecular formula is C14H32N2O. The summed E-state index contributed by atoms with van der Waals surface area (Å²) < 4.78 is 5.30. The molecule has 0 heterocycles. The number of unbranched alkanes of at least 4 members (excludes halogenated alkanes) is 1. The zero-order valence-electron chi connectivity index (χ0n) is 12.5. The maximum Gasteiger partial charge on any atom is 0.0466 e. The number of ether oxygens (including phenoxy) is 1. The average Bonchev–Trinajstić information content (AvgIpc) is 2.31. The molecular weight excluding hydrogens is 212 g/mol. The molecule has 1 N–H and O–H groups in total. The molecule has 0 rings (SSSR count). The first-order chi connectivity index (χ1) is 8.09. The normalized spacial score (nSPS) is 13.6. The van der Waals surface area contributed by atoms with Gasteiger partial charge in [0.15, 0.2) is 0 Å². The van der Waals surface area contributed by atoms with Gasteiger partial charge in [-0.05, 0) is 46.2 Å². The third-order valence-corrected chi connectivity index (χ3v) is 3.40. The summed E-state index contributed by atoms with van der Waals surface area (Å²) in [7, 11) is 2.21. The molecule has 0 amide bonds. The third-order valence-electron chi connectivity index (χ3n) is 3.40. The first-order valence-corrected chi connectivity index (χ1v) is 7.08. The molecule has 0 bridgehead atoms. The van der Waals surface area contributed by atoms with Crippen LogP contribution in [0.25, 0.3) is 0 Å². The minimum absolute atomic E-state index is 0.662. The summed E-state index contributed by atoms with van der Waals surface area (Å²) >= 11 is 0. The molecule has 0 saturated carbocycles. The summed E-state index contributed by atoms with van der Waals surface area (Å²) in [4.78, 5) is 2.43. The number of hydrogen-bond acceptors (Lipinski definition) is 3. The fourth-order valence-electron chi connectivity index (χ4n) is 1.69. The van der Waals surface area contributed by atoms with Gasteiger partial charge >= 0.3 is 0 Å². The molecule has 3 heteroatoms. The molecule has 0 aromatic rings. The van der Waals surface area contributed by atoms with Crippen molar-refractivity contribution in [2.75, 3.05) is 39.9 Å². The van der Waals surface area contributed by atoms with Crippen molar-refractivity contribution in [2.24, 2.45) is 5.92 Å². The Bertz CT molecular complexity index is 162. The molecule has 1 atom stereocenters. The van der Waals surface area contributed by atoms with Crippen LogP contribution in [0.4, 0.5) is 0 Å². The lowest BCUT2D eigenvalue weighted by molar-refractivity contribution is 0.143. The molecule has 1 unspecified atom stereocenters. The Kier molecular flexibility index (Phi) is 10.9. The van der Waals surface area contributed by atoms with Crippen LogP contribution in [-0.2, 0) is 4.74 Å². The Hall–Kier alpha value is -0.120. The molecule has 0 aromatic heterocycles. The van der Waals surface area contributed by atoms with Gasteiger partial charge < -0.3 is 15.0 Å². The van der Waals surface area contributed by atoms with Gasteiger partial charge in [0.05, 0.1) is 0 Å². The number of likely N-dealkylation sites (N-methyl/N-ethyl adjacent to an activating group) is 1. The highest BCUT2D eigenvalue weighted by Crippen LogP contribution is 2.06. The van der Waals surface area contributed by atoms with Crippen LogP contribution in [0.2, 0.25) is 0 Å². The standard InChI is InChI=1S/C14H32N2O/c1-6-17-12-8-7-9-15-10-11-16(5)14(4)13(2)3/h13-15H,6-12H2,1-5H3. The van der Waals surface area contributed by atoms with Crippen molar-refractivity contribution < 1.29 is 4.74 Å². The fraction of sp³-hybridized carbons (Fsp3) is 1.00. The van der Waals surface area contributed by atoms with E-state index >= 15 is 0 Å². The lowest BCUT2D eigenvalue weighted by Crippen LogP contribution is -2.38. The molecule has 17 heavy (non-hydrogen) atoms. The van der Waals surface area contributed by atoms with Gasteiger partial charge in [-0.2, -0.15) is 0 Å². The van der Waals surface area contributed by atoms with Gasteiger partial charge in [0.1, 0.15) is 0 Å². The predicted octanol–water partition coefficient (Wildman–Crippen LogP) is 2.37. The maximum atomic E-state index is 5.30. The van der Waals surface area contributed by atoms with Crippen LogP contribution in [0.3, 0.4) is 0 Å². The summed E-state index contributed by atoms with van der Waals surface area (Å²) in [5.74, 6) is 0.728. The number of nitrogens with one attached hydrogen (secondary N) is 1. The average molecular weight is 244 g/mol. The van der Waals surface area contributed by atoms with E-state index in [2.05, 4.69) is 38.0 Å². The van der Waals surface area contributed by atoms with E-state index < -0.39 is 0 Å². The second-order valence-corrected chi connectivity index (χ2v) is 5.12. The summed E-state index contributed by atoms with van der Waals surface area (Å²) in [6.45, 7) is 14.0. The zero-order valence-corrected chi connectivity index (χ0v) is 12.5. The Morgan fingerprint density at radius 1 is 1.12 bits per heavy atom. The van der Waals surface area contributed by atoms with Gasteiger partial charge in [0, 0.05) is 32.3 Å². The summed E-state index contributed by atoms with van der Waals surface area (Å²) in [6, 6.07) is 0.662. The van der Waals surface area contributed by atoms with Crippen molar-refractivity contribution in [3.05, 3.63) is 0 Å². The van der Waals surface area contributed by atoms with E-state index in [9.17, 15) is 0 Å². The van der Waals surface area contributed by atoms with Gasteiger partial charge in [-0.15, -0.1) is 0 Å². The Morgan fingerprint density at radius 2 is 1.82 bits per heavy atom. The van der Waals surface area contributed by atoms with Crippen LogP contribution in [0.15, 0.2) is 0 Å². The van der Waals surface area contributed by atoms with E-state index in [0.717, 1.165) is 38.8 Å². The van der Waals surface area contributed by atoms with E-state index in [4.69, 9.17) is 4.74 Å². The third kappa shape index (κ3) is 9.57. The van der Waals surface area contributed by atoms with E-state index in [1.54, 1.807) is 0 Å². The van der Waals surface area contributed by atoms with Gasteiger partial charge in [-0.3, -0.25) is 0 Å².